The fourth-order valence-corrected chi connectivity index (χ4v) is 3.84. The van der Waals surface area contributed by atoms with Gasteiger partial charge in [-0.1, -0.05) is 0 Å². The summed E-state index contributed by atoms with van der Waals surface area (Å²) in [7, 11) is -3.43. The molecule has 0 amide bonds. The molecule has 1 aliphatic heterocycles. The molecule has 9 heteroatoms. The summed E-state index contributed by atoms with van der Waals surface area (Å²) in [6.45, 7) is 2.52. The highest BCUT2D eigenvalue weighted by molar-refractivity contribution is 7.91. The second kappa shape index (κ2) is 6.08. The number of aromatic amines is 1. The van der Waals surface area contributed by atoms with E-state index < -0.39 is 9.84 Å². The normalized spacial score (nSPS) is 15.6. The Morgan fingerprint density at radius 2 is 2.00 bits per heavy atom. The van der Waals surface area contributed by atoms with Crippen LogP contribution in [-0.4, -0.2) is 61.1 Å². The number of nitrogens with one attached hydrogen (secondary N) is 1. The predicted octanol–water partition coefficient (Wildman–Crippen LogP) is 1.26. The largest absolute Gasteiger partial charge is 0.378 e. The molecule has 0 unspecified atom stereocenters. The van der Waals surface area contributed by atoms with E-state index in [1.165, 1.54) is 6.26 Å². The van der Waals surface area contributed by atoms with Crippen molar-refractivity contribution in [1.82, 2.24) is 20.2 Å². The van der Waals surface area contributed by atoms with Crippen LogP contribution in [0.15, 0.2) is 35.5 Å². The van der Waals surface area contributed by atoms with Crippen molar-refractivity contribution < 1.29 is 13.2 Å². The minimum Gasteiger partial charge on any atom is -0.378 e. The van der Waals surface area contributed by atoms with Crippen molar-refractivity contribution in [3.63, 3.8) is 0 Å². The molecular weight excluding hydrogens is 342 g/mol. The van der Waals surface area contributed by atoms with Crippen molar-refractivity contribution in [1.29, 1.82) is 0 Å². The second-order valence-electron chi connectivity index (χ2n) is 5.88. The van der Waals surface area contributed by atoms with E-state index in [0.717, 1.165) is 0 Å². The number of pyridine rings is 2. The van der Waals surface area contributed by atoms with Gasteiger partial charge in [0.15, 0.2) is 9.84 Å². The Morgan fingerprint density at radius 1 is 1.20 bits per heavy atom. The van der Waals surface area contributed by atoms with Crippen LogP contribution in [0.1, 0.15) is 0 Å². The van der Waals surface area contributed by atoms with Crippen molar-refractivity contribution in [3.05, 3.63) is 30.6 Å². The minimum atomic E-state index is -3.43. The van der Waals surface area contributed by atoms with E-state index in [4.69, 9.17) is 9.72 Å². The number of sulfone groups is 1. The molecule has 130 valence electrons. The molecule has 0 spiro atoms. The Hall–Kier alpha value is -2.52. The quantitative estimate of drug-likeness (QED) is 0.751. The van der Waals surface area contributed by atoms with Crippen LogP contribution >= 0.6 is 0 Å². The Balaban J connectivity index is 2.00. The molecular formula is C16H17N5O3S. The Kier molecular flexibility index (Phi) is 3.89. The van der Waals surface area contributed by atoms with Crippen molar-refractivity contribution in [2.45, 2.75) is 4.90 Å². The number of morpholine rings is 1. The summed E-state index contributed by atoms with van der Waals surface area (Å²) in [5.41, 5.74) is 1.81. The lowest BCUT2D eigenvalue weighted by molar-refractivity contribution is 0.122. The standard InChI is InChI=1S/C16H17N5O3S/c1-25(22,23)13-10-14(21-6-8-24-9-7-21)19-15-11(13)2-4-17-16(15)12-3-5-18-20-12/h2-5,10H,6-9H2,1H3,(H,18,20). The number of fused-ring (bicyclic) bond motifs is 1. The summed E-state index contributed by atoms with van der Waals surface area (Å²) in [5, 5.41) is 7.37. The molecule has 4 heterocycles. The van der Waals surface area contributed by atoms with E-state index in [1.807, 2.05) is 4.90 Å². The highest BCUT2D eigenvalue weighted by Gasteiger charge is 2.21. The molecule has 0 aliphatic carbocycles. The van der Waals surface area contributed by atoms with E-state index >= 15 is 0 Å². The van der Waals surface area contributed by atoms with Crippen LogP contribution in [0.25, 0.3) is 22.3 Å². The summed E-state index contributed by atoms with van der Waals surface area (Å²) in [6, 6.07) is 5.10. The smallest absolute Gasteiger partial charge is 0.176 e. The van der Waals surface area contributed by atoms with Crippen molar-refractivity contribution in [3.8, 4) is 11.4 Å². The molecule has 3 aromatic heterocycles. The van der Waals surface area contributed by atoms with Crippen LogP contribution in [0, 0.1) is 0 Å². The lowest BCUT2D eigenvalue weighted by atomic mass is 10.1. The Bertz CT molecular complexity index is 1010. The third-order valence-corrected chi connectivity index (χ3v) is 5.30. The number of hydrogen-bond acceptors (Lipinski definition) is 7. The van der Waals surface area contributed by atoms with Gasteiger partial charge in [0.2, 0.25) is 0 Å². The molecule has 0 radical (unpaired) electrons. The lowest BCUT2D eigenvalue weighted by Crippen LogP contribution is -2.36. The number of aromatic nitrogens is 4. The third kappa shape index (κ3) is 2.96. The molecule has 1 aliphatic rings. The number of ether oxygens (including phenoxy) is 1. The highest BCUT2D eigenvalue weighted by atomic mass is 32.2. The highest BCUT2D eigenvalue weighted by Crippen LogP contribution is 2.31. The van der Waals surface area contributed by atoms with Crippen LogP contribution in [0.4, 0.5) is 5.82 Å². The van der Waals surface area contributed by atoms with Gasteiger partial charge in [-0.15, -0.1) is 0 Å². The lowest BCUT2D eigenvalue weighted by Gasteiger charge is -2.28. The van der Waals surface area contributed by atoms with E-state index in [0.29, 0.717) is 54.4 Å². The third-order valence-electron chi connectivity index (χ3n) is 4.17. The van der Waals surface area contributed by atoms with Gasteiger partial charge in [-0.05, 0) is 18.2 Å². The van der Waals surface area contributed by atoms with Gasteiger partial charge in [0.25, 0.3) is 0 Å². The zero-order valence-corrected chi connectivity index (χ0v) is 14.5. The van der Waals surface area contributed by atoms with Crippen molar-refractivity contribution in [2.24, 2.45) is 0 Å². The molecule has 0 aromatic carbocycles. The van der Waals surface area contributed by atoms with E-state index in [-0.39, 0.29) is 4.90 Å². The first kappa shape index (κ1) is 16.0. The van der Waals surface area contributed by atoms with Gasteiger partial charge < -0.3 is 9.64 Å². The number of rotatable bonds is 3. The monoisotopic (exact) mass is 359 g/mol. The maximum Gasteiger partial charge on any atom is 0.176 e. The molecule has 25 heavy (non-hydrogen) atoms. The summed E-state index contributed by atoms with van der Waals surface area (Å²) in [6.07, 6.45) is 4.42. The maximum atomic E-state index is 12.4. The SMILES string of the molecule is CS(=O)(=O)c1cc(N2CCOCC2)nc2c(-c3ccn[nH]3)nccc12. The van der Waals surface area contributed by atoms with Crippen molar-refractivity contribution >= 4 is 26.6 Å². The molecule has 1 fully saturated rings. The second-order valence-corrected chi connectivity index (χ2v) is 7.86. The first-order chi connectivity index (χ1) is 12.0. The van der Waals surface area contributed by atoms with E-state index in [1.54, 1.807) is 30.6 Å². The first-order valence-corrected chi connectivity index (χ1v) is 9.75. The molecule has 1 saturated heterocycles. The van der Waals surface area contributed by atoms with Crippen LogP contribution in [-0.2, 0) is 14.6 Å². The maximum absolute atomic E-state index is 12.4. The average molecular weight is 359 g/mol. The number of hydrogen-bond donors (Lipinski definition) is 1. The van der Waals surface area contributed by atoms with Crippen LogP contribution in [0.2, 0.25) is 0 Å². The van der Waals surface area contributed by atoms with Gasteiger partial charge in [-0.3, -0.25) is 10.1 Å². The minimum absolute atomic E-state index is 0.252. The molecule has 3 aromatic rings. The number of nitrogens with zero attached hydrogens (tertiary/aromatic N) is 4. The Labute approximate surface area is 144 Å². The molecule has 4 rings (SSSR count). The molecule has 1 N–H and O–H groups in total. The van der Waals surface area contributed by atoms with Gasteiger partial charge in [-0.25, -0.2) is 13.4 Å². The topological polar surface area (TPSA) is 101 Å². The van der Waals surface area contributed by atoms with Crippen LogP contribution in [0.3, 0.4) is 0 Å². The fraction of sp³-hybridized carbons (Fsp3) is 0.312. The van der Waals surface area contributed by atoms with Crippen molar-refractivity contribution in [2.75, 3.05) is 37.5 Å². The van der Waals surface area contributed by atoms with Gasteiger partial charge in [0, 0.05) is 37.1 Å². The van der Waals surface area contributed by atoms with Gasteiger partial charge in [0.05, 0.1) is 23.8 Å². The molecule has 0 saturated carbocycles. The summed E-state index contributed by atoms with van der Waals surface area (Å²) in [5.74, 6) is 0.616. The summed E-state index contributed by atoms with van der Waals surface area (Å²) in [4.78, 5) is 11.4. The molecule has 0 atom stereocenters. The van der Waals surface area contributed by atoms with E-state index in [2.05, 4.69) is 15.2 Å². The fourth-order valence-electron chi connectivity index (χ4n) is 2.95. The predicted molar refractivity (Wildman–Crippen MR) is 93.3 cm³/mol. The molecule has 0 bridgehead atoms. The zero-order valence-electron chi connectivity index (χ0n) is 13.6. The Morgan fingerprint density at radius 3 is 2.68 bits per heavy atom. The number of anilines is 1. The van der Waals surface area contributed by atoms with Gasteiger partial charge >= 0.3 is 0 Å². The summed E-state index contributed by atoms with van der Waals surface area (Å²) < 4.78 is 30.1. The van der Waals surface area contributed by atoms with Crippen LogP contribution < -0.4 is 4.90 Å². The van der Waals surface area contributed by atoms with E-state index in [9.17, 15) is 8.42 Å². The number of H-pyrrole nitrogens is 1. The van der Waals surface area contributed by atoms with Gasteiger partial charge in [-0.2, -0.15) is 5.10 Å². The summed E-state index contributed by atoms with van der Waals surface area (Å²) >= 11 is 0. The molecule has 8 nitrogen and oxygen atoms in total. The first-order valence-electron chi connectivity index (χ1n) is 7.86. The zero-order chi connectivity index (χ0) is 17.4. The van der Waals surface area contributed by atoms with Crippen LogP contribution in [0.5, 0.6) is 0 Å². The van der Waals surface area contributed by atoms with Gasteiger partial charge in [0.1, 0.15) is 17.0 Å². The average Bonchev–Trinajstić information content (AvgIpc) is 3.14.